The van der Waals surface area contributed by atoms with Gasteiger partial charge in [-0.2, -0.15) is 0 Å². The Morgan fingerprint density at radius 1 is 0.818 bits per heavy atom. The summed E-state index contributed by atoms with van der Waals surface area (Å²) < 4.78 is 0. The normalized spacial score (nSPS) is 11.4. The molecule has 0 aromatic carbocycles. The highest BCUT2D eigenvalue weighted by molar-refractivity contribution is 5.88. The molecule has 0 aliphatic carbocycles. The number of hydrogen-bond donors (Lipinski definition) is 0. The molecule has 1 nitrogen and oxygen atoms in total. The van der Waals surface area contributed by atoms with Gasteiger partial charge in [0.1, 0.15) is 0 Å². The molecule has 0 rings (SSSR count). The highest BCUT2D eigenvalue weighted by atomic mass is 14.8. The van der Waals surface area contributed by atoms with Crippen molar-refractivity contribution in [1.29, 1.82) is 0 Å². The van der Waals surface area contributed by atoms with Crippen molar-refractivity contribution in [2.45, 2.75) is 47.6 Å². The van der Waals surface area contributed by atoms with E-state index in [0.717, 1.165) is 0 Å². The van der Waals surface area contributed by atoms with E-state index in [9.17, 15) is 0 Å². The molecule has 11 heavy (non-hydrogen) atoms. The van der Waals surface area contributed by atoms with Crippen molar-refractivity contribution < 1.29 is 0 Å². The topological polar surface area (TPSA) is 12.4 Å². The van der Waals surface area contributed by atoms with Gasteiger partial charge in [-0.25, -0.2) is 0 Å². The molecule has 0 aromatic heterocycles. The standard InChI is InChI=1S/C10H21N/c1-7(2)10(8(3)4)11-9(5)6/h7-9H,1-6H3. The first-order chi connectivity index (χ1) is 4.95. The molecule has 0 bridgehead atoms. The van der Waals surface area contributed by atoms with Crippen molar-refractivity contribution in [2.75, 3.05) is 0 Å². The summed E-state index contributed by atoms with van der Waals surface area (Å²) >= 11 is 0. The smallest absolute Gasteiger partial charge is 0.0442 e. The van der Waals surface area contributed by atoms with Crippen molar-refractivity contribution in [3.05, 3.63) is 0 Å². The van der Waals surface area contributed by atoms with Crippen molar-refractivity contribution >= 4 is 5.71 Å². The van der Waals surface area contributed by atoms with Gasteiger partial charge < -0.3 is 0 Å². The zero-order valence-corrected chi connectivity index (χ0v) is 8.68. The molecule has 0 aromatic rings. The zero-order valence-electron chi connectivity index (χ0n) is 8.68. The molecular formula is C10H21N. The molecule has 0 aliphatic heterocycles. The number of nitrogens with zero attached hydrogens (tertiary/aromatic N) is 1. The van der Waals surface area contributed by atoms with E-state index in [2.05, 4.69) is 46.5 Å². The van der Waals surface area contributed by atoms with Crippen LogP contribution in [0.25, 0.3) is 0 Å². The van der Waals surface area contributed by atoms with Crippen LogP contribution in [0.2, 0.25) is 0 Å². The van der Waals surface area contributed by atoms with Crippen LogP contribution in [0.1, 0.15) is 41.5 Å². The van der Waals surface area contributed by atoms with Crippen LogP contribution in [0.15, 0.2) is 4.99 Å². The predicted molar refractivity (Wildman–Crippen MR) is 52.2 cm³/mol. The summed E-state index contributed by atoms with van der Waals surface area (Å²) in [5.74, 6) is 1.19. The summed E-state index contributed by atoms with van der Waals surface area (Å²) in [5.41, 5.74) is 1.35. The molecule has 0 radical (unpaired) electrons. The fourth-order valence-electron chi connectivity index (χ4n) is 1.26. The Morgan fingerprint density at radius 2 is 1.18 bits per heavy atom. The highest BCUT2D eigenvalue weighted by Crippen LogP contribution is 2.09. The largest absolute Gasteiger partial charge is 0.291 e. The third-order valence-electron chi connectivity index (χ3n) is 1.59. The van der Waals surface area contributed by atoms with Gasteiger partial charge in [0.05, 0.1) is 0 Å². The van der Waals surface area contributed by atoms with Crippen LogP contribution in [0, 0.1) is 11.8 Å². The van der Waals surface area contributed by atoms with Gasteiger partial charge in [-0.3, -0.25) is 4.99 Å². The lowest BCUT2D eigenvalue weighted by Gasteiger charge is -2.15. The van der Waals surface area contributed by atoms with E-state index in [1.165, 1.54) is 5.71 Å². The maximum atomic E-state index is 4.59. The fourth-order valence-corrected chi connectivity index (χ4v) is 1.26. The third kappa shape index (κ3) is 4.18. The molecule has 66 valence electrons. The quantitative estimate of drug-likeness (QED) is 0.555. The minimum Gasteiger partial charge on any atom is -0.291 e. The van der Waals surface area contributed by atoms with Crippen molar-refractivity contribution in [3.63, 3.8) is 0 Å². The van der Waals surface area contributed by atoms with Crippen LogP contribution in [-0.4, -0.2) is 11.8 Å². The predicted octanol–water partition coefficient (Wildman–Crippen LogP) is 3.15. The van der Waals surface area contributed by atoms with E-state index in [1.54, 1.807) is 0 Å². The minimum atomic E-state index is 0.440. The van der Waals surface area contributed by atoms with E-state index >= 15 is 0 Å². The van der Waals surface area contributed by atoms with Gasteiger partial charge in [-0.15, -0.1) is 0 Å². The molecule has 0 amide bonds. The van der Waals surface area contributed by atoms with E-state index < -0.39 is 0 Å². The Bertz CT molecular complexity index is 122. The van der Waals surface area contributed by atoms with Crippen LogP contribution in [-0.2, 0) is 0 Å². The van der Waals surface area contributed by atoms with Crippen LogP contribution < -0.4 is 0 Å². The maximum absolute atomic E-state index is 4.59. The Kier molecular flexibility index (Phi) is 4.39. The summed E-state index contributed by atoms with van der Waals surface area (Å²) in [7, 11) is 0. The number of hydrogen-bond acceptors (Lipinski definition) is 1. The molecule has 0 atom stereocenters. The molecule has 0 unspecified atom stereocenters. The van der Waals surface area contributed by atoms with Gasteiger partial charge in [0.15, 0.2) is 0 Å². The zero-order chi connectivity index (χ0) is 9.02. The second kappa shape index (κ2) is 4.53. The summed E-state index contributed by atoms with van der Waals surface area (Å²) in [6.07, 6.45) is 0. The number of rotatable bonds is 3. The SMILES string of the molecule is CC(C)N=C(C(C)C)C(C)C. The summed E-state index contributed by atoms with van der Waals surface area (Å²) in [6.45, 7) is 13.1. The van der Waals surface area contributed by atoms with Crippen LogP contribution in [0.3, 0.4) is 0 Å². The first-order valence-electron chi connectivity index (χ1n) is 4.52. The van der Waals surface area contributed by atoms with Gasteiger partial charge in [0, 0.05) is 11.8 Å². The molecular weight excluding hydrogens is 134 g/mol. The lowest BCUT2D eigenvalue weighted by molar-refractivity contribution is 0.724. The Morgan fingerprint density at radius 3 is 1.27 bits per heavy atom. The lowest BCUT2D eigenvalue weighted by atomic mass is 9.97. The van der Waals surface area contributed by atoms with Crippen molar-refractivity contribution in [3.8, 4) is 0 Å². The van der Waals surface area contributed by atoms with Crippen LogP contribution in [0.5, 0.6) is 0 Å². The number of aliphatic imine (C=N–C) groups is 1. The van der Waals surface area contributed by atoms with Crippen molar-refractivity contribution in [2.24, 2.45) is 16.8 Å². The van der Waals surface area contributed by atoms with Gasteiger partial charge >= 0.3 is 0 Å². The molecule has 1 heteroatoms. The minimum absolute atomic E-state index is 0.440. The van der Waals surface area contributed by atoms with E-state index in [1.807, 2.05) is 0 Å². The van der Waals surface area contributed by atoms with Gasteiger partial charge in [0.2, 0.25) is 0 Å². The van der Waals surface area contributed by atoms with Gasteiger partial charge in [-0.05, 0) is 25.7 Å². The monoisotopic (exact) mass is 155 g/mol. The molecule has 0 saturated heterocycles. The second-order valence-electron chi connectivity index (χ2n) is 3.96. The van der Waals surface area contributed by atoms with Crippen molar-refractivity contribution in [1.82, 2.24) is 0 Å². The third-order valence-corrected chi connectivity index (χ3v) is 1.59. The molecule has 0 spiro atoms. The molecule has 0 heterocycles. The summed E-state index contributed by atoms with van der Waals surface area (Å²) in [5, 5.41) is 0. The lowest BCUT2D eigenvalue weighted by Crippen LogP contribution is -2.16. The van der Waals surface area contributed by atoms with Gasteiger partial charge in [0.25, 0.3) is 0 Å². The summed E-state index contributed by atoms with van der Waals surface area (Å²) in [6, 6.07) is 0.440. The summed E-state index contributed by atoms with van der Waals surface area (Å²) in [4.78, 5) is 4.59. The fraction of sp³-hybridized carbons (Fsp3) is 0.900. The second-order valence-corrected chi connectivity index (χ2v) is 3.96. The molecule has 0 saturated carbocycles. The Labute approximate surface area is 70.9 Å². The molecule has 0 N–H and O–H groups in total. The Balaban J connectivity index is 4.33. The average Bonchev–Trinajstić information content (AvgIpc) is 1.81. The Hall–Kier alpha value is -0.330. The van der Waals surface area contributed by atoms with Crippen LogP contribution in [0.4, 0.5) is 0 Å². The highest BCUT2D eigenvalue weighted by Gasteiger charge is 2.09. The average molecular weight is 155 g/mol. The van der Waals surface area contributed by atoms with E-state index in [-0.39, 0.29) is 0 Å². The van der Waals surface area contributed by atoms with Gasteiger partial charge in [-0.1, -0.05) is 27.7 Å². The first-order valence-corrected chi connectivity index (χ1v) is 4.52. The maximum Gasteiger partial charge on any atom is 0.0442 e. The van der Waals surface area contributed by atoms with E-state index in [0.29, 0.717) is 17.9 Å². The van der Waals surface area contributed by atoms with Crippen LogP contribution >= 0.6 is 0 Å². The molecule has 0 aliphatic rings. The van der Waals surface area contributed by atoms with E-state index in [4.69, 9.17) is 0 Å². The first kappa shape index (κ1) is 10.7. The molecule has 0 fully saturated rings.